The van der Waals surface area contributed by atoms with E-state index in [2.05, 4.69) is 10.3 Å². The molecule has 2 aromatic rings. The van der Waals surface area contributed by atoms with Crippen molar-refractivity contribution in [3.63, 3.8) is 0 Å². The maximum atomic E-state index is 11.9. The Labute approximate surface area is 115 Å². The molecule has 0 spiro atoms. The Bertz CT molecular complexity index is 692. The van der Waals surface area contributed by atoms with Crippen LogP contribution < -0.4 is 5.32 Å². The van der Waals surface area contributed by atoms with Gasteiger partial charge in [-0.25, -0.2) is 0 Å². The van der Waals surface area contributed by atoms with Crippen molar-refractivity contribution in [3.8, 4) is 0 Å². The van der Waals surface area contributed by atoms with Crippen molar-refractivity contribution in [2.24, 2.45) is 5.41 Å². The highest BCUT2D eigenvalue weighted by Crippen LogP contribution is 2.46. The van der Waals surface area contributed by atoms with E-state index in [1.165, 1.54) is 0 Å². The number of carbonyl (C=O) groups is 2. The van der Waals surface area contributed by atoms with Gasteiger partial charge in [-0.15, -0.1) is 0 Å². The molecule has 1 aliphatic rings. The van der Waals surface area contributed by atoms with Gasteiger partial charge in [0.15, 0.2) is 0 Å². The number of hydrogen-bond donors (Lipinski definition) is 2. The smallest absolute Gasteiger partial charge is 0.319 e. The number of aromatic nitrogens is 1. The summed E-state index contributed by atoms with van der Waals surface area (Å²) in [5.74, 6) is -1.46. The number of amides is 1. The van der Waals surface area contributed by atoms with Gasteiger partial charge >= 0.3 is 5.97 Å². The van der Waals surface area contributed by atoms with E-state index >= 15 is 0 Å². The lowest BCUT2D eigenvalue weighted by Gasteiger charge is -2.10. The van der Waals surface area contributed by atoms with Crippen LogP contribution in [0.5, 0.6) is 0 Å². The Morgan fingerprint density at radius 1 is 1.20 bits per heavy atom. The lowest BCUT2D eigenvalue weighted by Crippen LogP contribution is -2.36. The molecule has 0 atom stereocenters. The number of benzene rings is 1. The molecule has 102 valence electrons. The first kappa shape index (κ1) is 12.6. The number of aliphatic carboxylic acids is 1. The zero-order chi connectivity index (χ0) is 14.2. The summed E-state index contributed by atoms with van der Waals surface area (Å²) in [6, 6.07) is 11.5. The summed E-state index contributed by atoms with van der Waals surface area (Å²) in [6.45, 7) is 0.249. The van der Waals surface area contributed by atoms with E-state index in [1.54, 1.807) is 0 Å². The molecule has 5 nitrogen and oxygen atoms in total. The van der Waals surface area contributed by atoms with E-state index < -0.39 is 17.3 Å². The van der Waals surface area contributed by atoms with Gasteiger partial charge < -0.3 is 10.4 Å². The van der Waals surface area contributed by atoms with Crippen LogP contribution in [0.3, 0.4) is 0 Å². The zero-order valence-corrected chi connectivity index (χ0v) is 10.8. The van der Waals surface area contributed by atoms with E-state index in [4.69, 9.17) is 5.11 Å². The van der Waals surface area contributed by atoms with E-state index in [0.29, 0.717) is 12.8 Å². The Kier molecular flexibility index (Phi) is 2.89. The molecular formula is C15H14N2O3. The van der Waals surface area contributed by atoms with Gasteiger partial charge in [0.25, 0.3) is 0 Å². The van der Waals surface area contributed by atoms with Crippen molar-refractivity contribution in [1.82, 2.24) is 10.3 Å². The van der Waals surface area contributed by atoms with Gasteiger partial charge in [0, 0.05) is 5.39 Å². The number of carboxylic acids is 1. The van der Waals surface area contributed by atoms with Crippen molar-refractivity contribution in [3.05, 3.63) is 42.1 Å². The van der Waals surface area contributed by atoms with Gasteiger partial charge in [0.1, 0.15) is 5.41 Å². The second-order valence-corrected chi connectivity index (χ2v) is 5.07. The molecular weight excluding hydrogens is 256 g/mol. The predicted octanol–water partition coefficient (Wildman–Crippen LogP) is 1.72. The molecule has 1 aromatic carbocycles. The molecule has 1 saturated carbocycles. The summed E-state index contributed by atoms with van der Waals surface area (Å²) in [5, 5.41) is 12.7. The Morgan fingerprint density at radius 3 is 2.65 bits per heavy atom. The molecule has 3 rings (SSSR count). The zero-order valence-electron chi connectivity index (χ0n) is 10.8. The molecule has 0 bridgehead atoms. The van der Waals surface area contributed by atoms with Crippen LogP contribution in [0.25, 0.3) is 10.9 Å². The Hall–Kier alpha value is -2.43. The Balaban J connectivity index is 1.71. The number of nitrogens with zero attached hydrogens (tertiary/aromatic N) is 1. The highest BCUT2D eigenvalue weighted by atomic mass is 16.4. The van der Waals surface area contributed by atoms with Gasteiger partial charge in [0.2, 0.25) is 5.91 Å². The largest absolute Gasteiger partial charge is 0.480 e. The van der Waals surface area contributed by atoms with Crippen LogP contribution >= 0.6 is 0 Å². The minimum Gasteiger partial charge on any atom is -0.480 e. The summed E-state index contributed by atoms with van der Waals surface area (Å²) in [4.78, 5) is 27.4. The van der Waals surface area contributed by atoms with Crippen LogP contribution in [0.1, 0.15) is 18.5 Å². The molecule has 0 unspecified atom stereocenters. The molecule has 0 saturated heterocycles. The monoisotopic (exact) mass is 270 g/mol. The van der Waals surface area contributed by atoms with Crippen LogP contribution in [-0.2, 0) is 16.1 Å². The molecule has 1 fully saturated rings. The van der Waals surface area contributed by atoms with Gasteiger partial charge in [-0.2, -0.15) is 0 Å². The minimum absolute atomic E-state index is 0.249. The fourth-order valence-electron chi connectivity index (χ4n) is 2.21. The van der Waals surface area contributed by atoms with E-state index in [-0.39, 0.29) is 6.54 Å². The number of pyridine rings is 1. The second kappa shape index (κ2) is 4.59. The highest BCUT2D eigenvalue weighted by molar-refractivity contribution is 6.04. The quantitative estimate of drug-likeness (QED) is 0.829. The number of carboxylic acid groups (broad SMARTS) is 1. The average molecular weight is 270 g/mol. The summed E-state index contributed by atoms with van der Waals surface area (Å²) in [5.41, 5.74) is 0.383. The van der Waals surface area contributed by atoms with Crippen molar-refractivity contribution in [2.75, 3.05) is 0 Å². The predicted molar refractivity (Wildman–Crippen MR) is 72.9 cm³/mol. The van der Waals surface area contributed by atoms with Gasteiger partial charge in [-0.3, -0.25) is 14.6 Å². The van der Waals surface area contributed by atoms with Crippen LogP contribution in [-0.4, -0.2) is 22.0 Å². The van der Waals surface area contributed by atoms with Gasteiger partial charge in [-0.05, 0) is 25.0 Å². The maximum absolute atomic E-state index is 11.9. The molecule has 2 N–H and O–H groups in total. The third-order valence-electron chi connectivity index (χ3n) is 3.68. The molecule has 1 amide bonds. The standard InChI is InChI=1S/C15H14N2O3/c18-13(15(7-8-15)14(19)20)16-9-11-6-5-10-3-1-2-4-12(10)17-11/h1-6H,7-9H2,(H,16,18)(H,19,20). The molecule has 0 radical (unpaired) electrons. The van der Waals surface area contributed by atoms with Crippen LogP contribution in [0.4, 0.5) is 0 Å². The normalized spacial score (nSPS) is 15.8. The van der Waals surface area contributed by atoms with Crippen LogP contribution in [0.15, 0.2) is 36.4 Å². The van der Waals surface area contributed by atoms with Gasteiger partial charge in [0.05, 0.1) is 17.8 Å². The van der Waals surface area contributed by atoms with Gasteiger partial charge in [-0.1, -0.05) is 24.3 Å². The first-order valence-electron chi connectivity index (χ1n) is 6.48. The Morgan fingerprint density at radius 2 is 1.95 bits per heavy atom. The highest BCUT2D eigenvalue weighted by Gasteiger charge is 2.56. The SMILES string of the molecule is O=C(O)C1(C(=O)NCc2ccc3ccccc3n2)CC1. The number of fused-ring (bicyclic) bond motifs is 1. The van der Waals surface area contributed by atoms with Crippen LogP contribution in [0, 0.1) is 5.41 Å². The molecule has 1 aromatic heterocycles. The van der Waals surface area contributed by atoms with Crippen LogP contribution in [0.2, 0.25) is 0 Å². The van der Waals surface area contributed by atoms with Crippen molar-refractivity contribution in [2.45, 2.75) is 19.4 Å². The van der Waals surface area contributed by atoms with E-state index in [9.17, 15) is 9.59 Å². The van der Waals surface area contributed by atoms with Crippen molar-refractivity contribution in [1.29, 1.82) is 0 Å². The number of nitrogens with one attached hydrogen (secondary N) is 1. The van der Waals surface area contributed by atoms with Crippen molar-refractivity contribution < 1.29 is 14.7 Å². The molecule has 1 aliphatic carbocycles. The fourth-order valence-corrected chi connectivity index (χ4v) is 2.21. The molecule has 20 heavy (non-hydrogen) atoms. The van der Waals surface area contributed by atoms with E-state index in [0.717, 1.165) is 16.6 Å². The number of hydrogen-bond acceptors (Lipinski definition) is 3. The minimum atomic E-state index is -1.20. The third kappa shape index (κ3) is 2.11. The lowest BCUT2D eigenvalue weighted by atomic mass is 10.1. The average Bonchev–Trinajstić information content (AvgIpc) is 3.26. The number of para-hydroxylation sites is 1. The lowest BCUT2D eigenvalue weighted by molar-refractivity contribution is -0.149. The summed E-state index contributed by atoms with van der Waals surface area (Å²) >= 11 is 0. The van der Waals surface area contributed by atoms with Crippen molar-refractivity contribution >= 4 is 22.8 Å². The summed E-state index contributed by atoms with van der Waals surface area (Å²) in [7, 11) is 0. The fraction of sp³-hybridized carbons (Fsp3) is 0.267. The van der Waals surface area contributed by atoms with E-state index in [1.807, 2.05) is 36.4 Å². The molecule has 5 heteroatoms. The molecule has 1 heterocycles. The summed E-state index contributed by atoms with van der Waals surface area (Å²) < 4.78 is 0. The topological polar surface area (TPSA) is 79.3 Å². The molecule has 0 aliphatic heterocycles. The third-order valence-corrected chi connectivity index (χ3v) is 3.68. The first-order chi connectivity index (χ1) is 9.62. The first-order valence-corrected chi connectivity index (χ1v) is 6.48. The number of rotatable bonds is 4. The maximum Gasteiger partial charge on any atom is 0.319 e. The number of carbonyl (C=O) groups excluding carboxylic acids is 1. The summed E-state index contributed by atoms with van der Waals surface area (Å²) in [6.07, 6.45) is 0.832. The second-order valence-electron chi connectivity index (χ2n) is 5.07.